The molecule has 1 aliphatic heterocycles. The molecule has 6 nitrogen and oxygen atoms in total. The number of ether oxygens (including phenoxy) is 1. The summed E-state index contributed by atoms with van der Waals surface area (Å²) in [7, 11) is -8.95. The lowest BCUT2D eigenvalue weighted by Gasteiger charge is -2.46. The Balaban J connectivity index is 3.53. The molecule has 1 fully saturated rings. The molecule has 0 aromatic rings. The topological polar surface area (TPSA) is 71.1 Å². The summed E-state index contributed by atoms with van der Waals surface area (Å²) in [4.78, 5) is 0. The molecule has 0 spiro atoms. The fourth-order valence-corrected chi connectivity index (χ4v) is 18.5. The number of halogens is 2. The minimum Gasteiger partial charge on any atom is -0.413 e. The summed E-state index contributed by atoms with van der Waals surface area (Å²) in [6, 6.07) is 0. The molecule has 1 rings (SSSR count). The van der Waals surface area contributed by atoms with E-state index in [-0.39, 0.29) is 23.2 Å². The van der Waals surface area contributed by atoms with Gasteiger partial charge in [-0.05, 0) is 33.2 Å². The molecule has 210 valence electrons. The van der Waals surface area contributed by atoms with Gasteiger partial charge in [0.15, 0.2) is 8.32 Å². The molecule has 0 N–H and O–H groups in total. The predicted octanol–water partition coefficient (Wildman–Crippen LogP) is 7.34. The Morgan fingerprint density at radius 1 is 0.829 bits per heavy atom. The van der Waals surface area contributed by atoms with Gasteiger partial charge >= 0.3 is 0 Å². The predicted molar refractivity (Wildman–Crippen MR) is 147 cm³/mol. The summed E-state index contributed by atoms with van der Waals surface area (Å²) in [6.07, 6.45) is -3.10. The largest absolute Gasteiger partial charge is 0.413 e. The van der Waals surface area contributed by atoms with Crippen molar-refractivity contribution in [3.05, 3.63) is 0 Å². The molecule has 1 aliphatic rings. The van der Waals surface area contributed by atoms with Gasteiger partial charge in [0.2, 0.25) is 14.6 Å². The lowest BCUT2D eigenvalue weighted by molar-refractivity contribution is -0.107. The van der Waals surface area contributed by atoms with Gasteiger partial charge in [-0.2, -0.15) is 8.42 Å². The Kier molecular flexibility index (Phi) is 11.6. The Bertz CT molecular complexity index is 745. The van der Waals surface area contributed by atoms with E-state index in [2.05, 4.69) is 83.1 Å². The molecule has 0 saturated carbocycles. The summed E-state index contributed by atoms with van der Waals surface area (Å²) < 4.78 is 64.4. The van der Waals surface area contributed by atoms with Gasteiger partial charge in [0, 0.05) is 0 Å². The molecule has 35 heavy (non-hydrogen) atoms. The van der Waals surface area contributed by atoms with Gasteiger partial charge in [-0.15, -0.1) is 0 Å². The molecule has 0 amide bonds. The van der Waals surface area contributed by atoms with Crippen molar-refractivity contribution >= 4 is 38.4 Å². The molecule has 0 aromatic heterocycles. The molecule has 0 radical (unpaired) electrons. The number of alkyl halides is 2. The molecule has 4 atom stereocenters. The maximum Gasteiger partial charge on any atom is 0.267 e. The summed E-state index contributed by atoms with van der Waals surface area (Å²) in [5.41, 5.74) is 1.44. The van der Waals surface area contributed by atoms with E-state index in [1.54, 1.807) is 0 Å². The fraction of sp³-hybridized carbons (Fsp3) is 1.00. The zero-order valence-electron chi connectivity index (χ0n) is 24.0. The van der Waals surface area contributed by atoms with Crippen LogP contribution in [0.5, 0.6) is 0 Å². The molecule has 0 bridgehead atoms. The smallest absolute Gasteiger partial charge is 0.267 e. The zero-order valence-corrected chi connectivity index (χ0v) is 27.6. The van der Waals surface area contributed by atoms with E-state index in [1.807, 2.05) is 0 Å². The highest BCUT2D eigenvalue weighted by molar-refractivity contribution is 7.86. The first kappa shape index (κ1) is 33.5. The van der Waals surface area contributed by atoms with Gasteiger partial charge in [0.1, 0.15) is 12.2 Å². The van der Waals surface area contributed by atoms with Crippen molar-refractivity contribution in [2.45, 2.75) is 140 Å². The number of hydrogen-bond donors (Lipinski definition) is 0. The van der Waals surface area contributed by atoms with E-state index in [9.17, 15) is 8.42 Å². The number of hydrogen-bond acceptors (Lipinski definition) is 6. The van der Waals surface area contributed by atoms with E-state index < -0.39 is 50.4 Å². The van der Waals surface area contributed by atoms with Crippen LogP contribution in [0.4, 0.5) is 4.39 Å². The third-order valence-corrected chi connectivity index (χ3v) is 20.9. The van der Waals surface area contributed by atoms with Crippen molar-refractivity contribution in [2.24, 2.45) is 0 Å². The van der Waals surface area contributed by atoms with Crippen molar-refractivity contribution in [1.29, 1.82) is 0 Å². The highest BCUT2D eigenvalue weighted by atomic mass is 35.5. The Morgan fingerprint density at radius 2 is 1.20 bits per heavy atom. The third kappa shape index (κ3) is 6.91. The molecule has 0 unspecified atom stereocenters. The van der Waals surface area contributed by atoms with Crippen LogP contribution >= 0.6 is 11.6 Å². The van der Waals surface area contributed by atoms with Crippen LogP contribution in [0.1, 0.15) is 83.1 Å². The van der Waals surface area contributed by atoms with Crippen molar-refractivity contribution < 1.29 is 30.6 Å². The Morgan fingerprint density at radius 3 is 1.51 bits per heavy atom. The minimum atomic E-state index is -4.03. The second kappa shape index (κ2) is 12.1. The number of rotatable bonds is 13. The van der Waals surface area contributed by atoms with Gasteiger partial charge in [-0.25, -0.2) is 8.57 Å². The van der Waals surface area contributed by atoms with Crippen molar-refractivity contribution in [3.63, 3.8) is 0 Å². The lowest BCUT2D eigenvalue weighted by Crippen LogP contribution is -2.57. The van der Waals surface area contributed by atoms with Crippen molar-refractivity contribution in [3.8, 4) is 0 Å². The summed E-state index contributed by atoms with van der Waals surface area (Å²) in [5, 5.41) is -2.69. The van der Waals surface area contributed by atoms with Crippen molar-refractivity contribution in [2.75, 3.05) is 12.9 Å². The van der Waals surface area contributed by atoms with E-state index in [1.165, 1.54) is 0 Å². The summed E-state index contributed by atoms with van der Waals surface area (Å²) in [6.45, 7) is 25.7. The quantitative estimate of drug-likeness (QED) is 0.130. The van der Waals surface area contributed by atoms with Crippen LogP contribution in [0.2, 0.25) is 33.2 Å². The van der Waals surface area contributed by atoms with Crippen LogP contribution in [0.25, 0.3) is 0 Å². The van der Waals surface area contributed by atoms with Gasteiger partial charge in [-0.3, -0.25) is 0 Å². The maximum absolute atomic E-state index is 16.2. The molecule has 11 heteroatoms. The maximum atomic E-state index is 16.2. The molecular weight excluding hydrogens is 527 g/mol. The standard InChI is InChI=1S/C24H50ClFO6SSi2/c1-15(2)34(16(3)4,17(5)6)29-14-21-22(24(25,26)23(30-21)31-33(13,27)28)32-35(18(7)8,19(9)10)20(11)12/h15-23H,14H2,1-13H3/t21-,22-,23+,24+/m1/s1. The van der Waals surface area contributed by atoms with E-state index >= 15 is 4.39 Å². The van der Waals surface area contributed by atoms with E-state index in [0.717, 1.165) is 6.26 Å². The third-order valence-electron chi connectivity index (χ3n) is 7.83. The van der Waals surface area contributed by atoms with Crippen LogP contribution in [0, 0.1) is 0 Å². The molecular formula is C24H50ClFO6SSi2. The molecule has 1 saturated heterocycles. The van der Waals surface area contributed by atoms with Crippen LogP contribution in [-0.4, -0.2) is 61.5 Å². The van der Waals surface area contributed by atoms with Crippen molar-refractivity contribution in [1.82, 2.24) is 0 Å². The first-order chi connectivity index (χ1) is 15.7. The van der Waals surface area contributed by atoms with Gasteiger partial charge < -0.3 is 13.6 Å². The first-order valence-electron chi connectivity index (χ1n) is 12.9. The highest BCUT2D eigenvalue weighted by Gasteiger charge is 2.63. The summed E-state index contributed by atoms with van der Waals surface area (Å²) >= 11 is 6.43. The lowest BCUT2D eigenvalue weighted by atomic mass is 10.1. The van der Waals surface area contributed by atoms with E-state index in [4.69, 9.17) is 29.4 Å². The second-order valence-corrected chi connectivity index (χ2v) is 25.0. The van der Waals surface area contributed by atoms with E-state index in [0.29, 0.717) is 16.6 Å². The summed E-state index contributed by atoms with van der Waals surface area (Å²) in [5.74, 6) is 0. The van der Waals surface area contributed by atoms with Gasteiger partial charge in [0.25, 0.3) is 15.2 Å². The Hall–Kier alpha value is 0.444. The van der Waals surface area contributed by atoms with Crippen LogP contribution in [-0.2, 0) is 27.9 Å². The minimum absolute atomic E-state index is 0.0617. The Labute approximate surface area is 221 Å². The zero-order chi connectivity index (χ0) is 27.7. The second-order valence-electron chi connectivity index (χ2n) is 12.0. The van der Waals surface area contributed by atoms with Gasteiger partial charge in [-0.1, -0.05) is 94.7 Å². The fourth-order valence-electron chi connectivity index (χ4n) is 6.58. The van der Waals surface area contributed by atoms with Crippen LogP contribution in [0.15, 0.2) is 0 Å². The normalized spacial score (nSPS) is 26.9. The molecule has 0 aliphatic carbocycles. The first-order valence-corrected chi connectivity index (χ1v) is 19.4. The highest BCUT2D eigenvalue weighted by Crippen LogP contribution is 2.50. The van der Waals surface area contributed by atoms with Gasteiger partial charge in [0.05, 0.1) is 12.9 Å². The SMILES string of the molecule is CC(C)[Si](OC[C@H]1O[C@@H](OS(C)(=O)=O)[C@](F)(Cl)[C@@H]1O[Si](C(C)C)(C(C)C)C(C)C)(C(C)C)C(C)C. The average Bonchev–Trinajstić information content (AvgIpc) is 2.86. The monoisotopic (exact) mass is 576 g/mol. The van der Waals surface area contributed by atoms with Crippen LogP contribution in [0.3, 0.4) is 0 Å². The molecule has 1 heterocycles. The molecule has 0 aromatic carbocycles. The average molecular weight is 577 g/mol. The van der Waals surface area contributed by atoms with Crippen LogP contribution < -0.4 is 0 Å².